The maximum atomic E-state index is 11.8. The zero-order chi connectivity index (χ0) is 13.5. The number of rotatable bonds is 3. The number of ketones is 1. The van der Waals surface area contributed by atoms with Gasteiger partial charge in [-0.3, -0.25) is 9.78 Å². The van der Waals surface area contributed by atoms with Crippen LogP contribution in [0.2, 0.25) is 0 Å². The molecule has 0 unspecified atom stereocenters. The standard InChI is InChI=1S/C12H18N2O.C2H6.H2/c1-12(2,3)11(15)10(13)8-9-4-6-14-7-5-9;1-2;/h4-7,10H,8,13H2,1-3H3;1-2H3;1H/t10-;;/m0../s1. The molecule has 0 saturated heterocycles. The zero-order valence-electron chi connectivity index (χ0n) is 11.5. The van der Waals surface area contributed by atoms with E-state index in [9.17, 15) is 4.79 Å². The number of hydrogen-bond donors (Lipinski definition) is 1. The molecule has 1 aromatic rings. The SMILES string of the molecule is CC.CC(C)(C)C(=O)[C@@H](N)Cc1ccncc1.[HH]. The van der Waals surface area contributed by atoms with Gasteiger partial charge in [0.05, 0.1) is 6.04 Å². The van der Waals surface area contributed by atoms with Gasteiger partial charge in [-0.1, -0.05) is 34.6 Å². The summed E-state index contributed by atoms with van der Waals surface area (Å²) in [6, 6.07) is 3.35. The van der Waals surface area contributed by atoms with Crippen LogP contribution in [0.3, 0.4) is 0 Å². The van der Waals surface area contributed by atoms with Crippen molar-refractivity contribution in [2.24, 2.45) is 11.1 Å². The molecule has 0 aliphatic carbocycles. The molecule has 98 valence electrons. The van der Waals surface area contributed by atoms with Crippen LogP contribution in [0.15, 0.2) is 24.5 Å². The predicted octanol–water partition coefficient (Wildman–Crippen LogP) is 2.84. The van der Waals surface area contributed by atoms with Crippen molar-refractivity contribution in [3.05, 3.63) is 30.1 Å². The fourth-order valence-corrected chi connectivity index (χ4v) is 1.42. The van der Waals surface area contributed by atoms with E-state index in [1.165, 1.54) is 0 Å². The maximum Gasteiger partial charge on any atom is 0.155 e. The maximum absolute atomic E-state index is 11.8. The minimum Gasteiger partial charge on any atom is -0.321 e. The minimum atomic E-state index is -0.424. The molecule has 1 aromatic heterocycles. The van der Waals surface area contributed by atoms with E-state index in [2.05, 4.69) is 4.98 Å². The lowest BCUT2D eigenvalue weighted by Gasteiger charge is -2.21. The van der Waals surface area contributed by atoms with Crippen LogP contribution in [0.1, 0.15) is 41.6 Å². The average molecular weight is 238 g/mol. The Morgan fingerprint density at radius 3 is 2.24 bits per heavy atom. The molecule has 0 aromatic carbocycles. The fraction of sp³-hybridized carbons (Fsp3) is 0.571. The van der Waals surface area contributed by atoms with Crippen molar-refractivity contribution >= 4 is 5.78 Å². The van der Waals surface area contributed by atoms with Gasteiger partial charge in [0.15, 0.2) is 5.78 Å². The molecule has 0 spiro atoms. The quantitative estimate of drug-likeness (QED) is 0.881. The van der Waals surface area contributed by atoms with Crippen LogP contribution in [-0.4, -0.2) is 16.8 Å². The summed E-state index contributed by atoms with van der Waals surface area (Å²) >= 11 is 0. The second-order valence-corrected chi connectivity index (χ2v) is 4.78. The Labute approximate surface area is 106 Å². The first-order valence-electron chi connectivity index (χ1n) is 6.10. The number of Topliss-reactive ketones (excluding diaryl/α,β-unsaturated/α-hetero) is 1. The molecule has 0 aliphatic rings. The van der Waals surface area contributed by atoms with E-state index < -0.39 is 6.04 Å². The zero-order valence-corrected chi connectivity index (χ0v) is 11.5. The third kappa shape index (κ3) is 5.59. The third-order valence-electron chi connectivity index (χ3n) is 2.28. The molecule has 2 N–H and O–H groups in total. The van der Waals surface area contributed by atoms with Crippen LogP contribution < -0.4 is 5.73 Å². The number of nitrogens with two attached hydrogens (primary N) is 1. The van der Waals surface area contributed by atoms with Gasteiger partial charge < -0.3 is 5.73 Å². The lowest BCUT2D eigenvalue weighted by atomic mass is 9.85. The molecule has 1 rings (SSSR count). The van der Waals surface area contributed by atoms with Gasteiger partial charge in [-0.05, 0) is 24.1 Å². The molecule has 0 amide bonds. The molecular weight excluding hydrogens is 212 g/mol. The summed E-state index contributed by atoms with van der Waals surface area (Å²) in [5.41, 5.74) is 6.55. The van der Waals surface area contributed by atoms with Gasteiger partial charge in [0.2, 0.25) is 0 Å². The highest BCUT2D eigenvalue weighted by Crippen LogP contribution is 2.17. The van der Waals surface area contributed by atoms with Gasteiger partial charge in [0.25, 0.3) is 0 Å². The molecule has 1 heterocycles. The Balaban J connectivity index is 0. The number of nitrogens with zero attached hydrogens (tertiary/aromatic N) is 1. The first-order valence-corrected chi connectivity index (χ1v) is 6.10. The van der Waals surface area contributed by atoms with Crippen molar-refractivity contribution in [1.82, 2.24) is 4.98 Å². The van der Waals surface area contributed by atoms with E-state index in [-0.39, 0.29) is 12.6 Å². The van der Waals surface area contributed by atoms with Crippen LogP contribution >= 0.6 is 0 Å². The Morgan fingerprint density at radius 1 is 1.35 bits per heavy atom. The lowest BCUT2D eigenvalue weighted by Crippen LogP contribution is -2.40. The first-order chi connectivity index (χ1) is 7.91. The molecule has 17 heavy (non-hydrogen) atoms. The predicted molar refractivity (Wildman–Crippen MR) is 73.8 cm³/mol. The van der Waals surface area contributed by atoms with E-state index in [4.69, 9.17) is 5.73 Å². The highest BCUT2D eigenvalue weighted by molar-refractivity contribution is 5.88. The van der Waals surface area contributed by atoms with Gasteiger partial charge in [0.1, 0.15) is 0 Å². The van der Waals surface area contributed by atoms with Crippen LogP contribution in [0.25, 0.3) is 0 Å². The fourth-order valence-electron chi connectivity index (χ4n) is 1.42. The molecule has 1 atom stereocenters. The number of carbonyl (C=O) groups excluding carboxylic acids is 1. The largest absolute Gasteiger partial charge is 0.321 e. The van der Waals surface area contributed by atoms with Crippen LogP contribution in [0.5, 0.6) is 0 Å². The van der Waals surface area contributed by atoms with Crippen LogP contribution in [-0.2, 0) is 11.2 Å². The topological polar surface area (TPSA) is 56.0 Å². The number of pyridine rings is 1. The summed E-state index contributed by atoms with van der Waals surface area (Å²) in [6.07, 6.45) is 4.01. The highest BCUT2D eigenvalue weighted by Gasteiger charge is 2.26. The van der Waals surface area contributed by atoms with E-state index in [0.29, 0.717) is 6.42 Å². The minimum absolute atomic E-state index is 0. The van der Waals surface area contributed by atoms with Crippen molar-refractivity contribution in [2.45, 2.75) is 47.1 Å². The van der Waals surface area contributed by atoms with E-state index >= 15 is 0 Å². The molecule has 3 heteroatoms. The van der Waals surface area contributed by atoms with Gasteiger partial charge >= 0.3 is 0 Å². The van der Waals surface area contributed by atoms with Gasteiger partial charge in [0, 0.05) is 19.2 Å². The molecular formula is C14H26N2O. The molecule has 0 radical (unpaired) electrons. The smallest absolute Gasteiger partial charge is 0.155 e. The van der Waals surface area contributed by atoms with E-state index in [0.717, 1.165) is 5.56 Å². The molecule has 0 fully saturated rings. The summed E-state index contributed by atoms with van der Waals surface area (Å²) in [5.74, 6) is 0.0966. The number of carbonyl (C=O) groups is 1. The third-order valence-corrected chi connectivity index (χ3v) is 2.28. The molecule has 0 saturated carbocycles. The lowest BCUT2D eigenvalue weighted by molar-refractivity contribution is -0.127. The summed E-state index contributed by atoms with van der Waals surface area (Å²) in [5, 5.41) is 0. The van der Waals surface area contributed by atoms with Crippen molar-refractivity contribution in [3.63, 3.8) is 0 Å². The molecule has 0 aliphatic heterocycles. The van der Waals surface area contributed by atoms with Crippen LogP contribution in [0.4, 0.5) is 0 Å². The molecule has 0 bridgehead atoms. The van der Waals surface area contributed by atoms with Crippen molar-refractivity contribution in [3.8, 4) is 0 Å². The second kappa shape index (κ2) is 7.17. The Bertz CT molecular complexity index is 333. The first kappa shape index (κ1) is 15.8. The van der Waals surface area contributed by atoms with Crippen molar-refractivity contribution < 1.29 is 6.22 Å². The van der Waals surface area contributed by atoms with Crippen molar-refractivity contribution in [2.75, 3.05) is 0 Å². The summed E-state index contributed by atoms with van der Waals surface area (Å²) in [4.78, 5) is 15.7. The van der Waals surface area contributed by atoms with E-state index in [1.807, 2.05) is 46.8 Å². The second-order valence-electron chi connectivity index (χ2n) is 4.78. The van der Waals surface area contributed by atoms with Gasteiger partial charge in [-0.15, -0.1) is 0 Å². The summed E-state index contributed by atoms with van der Waals surface area (Å²) in [6.45, 7) is 9.67. The highest BCUT2D eigenvalue weighted by atomic mass is 16.1. The monoisotopic (exact) mass is 238 g/mol. The Morgan fingerprint density at radius 2 is 1.82 bits per heavy atom. The van der Waals surface area contributed by atoms with Crippen molar-refractivity contribution in [1.29, 1.82) is 0 Å². The summed E-state index contributed by atoms with van der Waals surface area (Å²) < 4.78 is 0. The number of aromatic nitrogens is 1. The Hall–Kier alpha value is -1.22. The number of hydrogen-bond acceptors (Lipinski definition) is 3. The average Bonchev–Trinajstić information content (AvgIpc) is 2.30. The van der Waals surface area contributed by atoms with Gasteiger partial charge in [-0.2, -0.15) is 0 Å². The molecule has 3 nitrogen and oxygen atoms in total. The van der Waals surface area contributed by atoms with Crippen LogP contribution in [0, 0.1) is 5.41 Å². The summed E-state index contributed by atoms with van der Waals surface area (Å²) in [7, 11) is 0. The Kier molecular flexibility index (Phi) is 6.66. The van der Waals surface area contributed by atoms with Gasteiger partial charge in [-0.25, -0.2) is 0 Å². The van der Waals surface area contributed by atoms with E-state index in [1.54, 1.807) is 12.4 Å². The normalized spacial score (nSPS) is 12.4.